The smallest absolute Gasteiger partial charge is 0.244 e. The number of likely N-dealkylation sites (N-methyl/N-ethyl adjacent to an activating group) is 1. The molecule has 1 atom stereocenters. The highest BCUT2D eigenvalue weighted by molar-refractivity contribution is 7.19. The first-order valence-electron chi connectivity index (χ1n) is 9.00. The Labute approximate surface area is 171 Å². The number of nitrogens with zero attached hydrogens (tertiary/aromatic N) is 4. The molecule has 0 aliphatic rings. The summed E-state index contributed by atoms with van der Waals surface area (Å²) in [4.78, 5) is 30.1. The number of fused-ring (bicyclic) bond motifs is 2. The molecule has 1 aromatic carbocycles. The minimum Gasteiger partial charge on any atom is -0.358 e. The second-order valence-electron chi connectivity index (χ2n) is 6.82. The van der Waals surface area contributed by atoms with Gasteiger partial charge in [0, 0.05) is 11.9 Å². The lowest BCUT2D eigenvalue weighted by Gasteiger charge is -2.22. The topological polar surface area (TPSA) is 71.0 Å². The first-order chi connectivity index (χ1) is 13.4. The van der Waals surface area contributed by atoms with Crippen molar-refractivity contribution in [3.8, 4) is 0 Å². The number of aryl methyl sites for hydroxylation is 2. The molecule has 0 spiro atoms. The van der Waals surface area contributed by atoms with Gasteiger partial charge in [0.1, 0.15) is 28.0 Å². The van der Waals surface area contributed by atoms with Gasteiger partial charge in [0.2, 0.25) is 5.91 Å². The number of thiazole rings is 1. The molecule has 1 unspecified atom stereocenters. The van der Waals surface area contributed by atoms with Gasteiger partial charge in [-0.15, -0.1) is 22.7 Å². The van der Waals surface area contributed by atoms with Crippen LogP contribution in [0.5, 0.6) is 0 Å². The predicted molar refractivity (Wildman–Crippen MR) is 116 cm³/mol. The van der Waals surface area contributed by atoms with E-state index in [9.17, 15) is 4.79 Å². The van der Waals surface area contributed by atoms with E-state index >= 15 is 0 Å². The number of benzene rings is 1. The molecule has 6 nitrogen and oxygen atoms in total. The first-order valence-corrected chi connectivity index (χ1v) is 10.6. The van der Waals surface area contributed by atoms with Crippen molar-refractivity contribution in [2.45, 2.75) is 33.4 Å². The molecule has 0 aliphatic heterocycles. The van der Waals surface area contributed by atoms with Crippen LogP contribution in [-0.2, 0) is 11.3 Å². The number of para-hydroxylation sites is 1. The summed E-state index contributed by atoms with van der Waals surface area (Å²) in [5, 5.41) is 5.21. The van der Waals surface area contributed by atoms with E-state index in [4.69, 9.17) is 0 Å². The Morgan fingerprint density at radius 2 is 2.00 bits per heavy atom. The molecule has 0 fully saturated rings. The highest BCUT2D eigenvalue weighted by atomic mass is 32.1. The molecular weight excluding hydrogens is 390 g/mol. The van der Waals surface area contributed by atoms with E-state index in [0.29, 0.717) is 12.4 Å². The molecule has 0 saturated carbocycles. The summed E-state index contributed by atoms with van der Waals surface area (Å²) in [5.41, 5.74) is 2.13. The van der Waals surface area contributed by atoms with Crippen LogP contribution in [0, 0.1) is 13.8 Å². The van der Waals surface area contributed by atoms with Crippen LogP contribution < -0.4 is 5.32 Å². The third-order valence-electron chi connectivity index (χ3n) is 4.78. The fraction of sp³-hybridized carbons (Fsp3) is 0.300. The maximum atomic E-state index is 12.9. The molecule has 1 amide bonds. The number of carbonyl (C=O) groups is 1. The number of aromatic nitrogens is 3. The van der Waals surface area contributed by atoms with Crippen LogP contribution in [0.1, 0.15) is 22.4 Å². The molecule has 0 radical (unpaired) electrons. The zero-order valence-electron chi connectivity index (χ0n) is 16.2. The van der Waals surface area contributed by atoms with Gasteiger partial charge in [-0.2, -0.15) is 0 Å². The molecule has 144 valence electrons. The zero-order chi connectivity index (χ0) is 19.8. The highest BCUT2D eigenvalue weighted by Crippen LogP contribution is 2.32. The van der Waals surface area contributed by atoms with Crippen LogP contribution in [0.2, 0.25) is 0 Å². The molecule has 4 aromatic rings. The lowest BCUT2D eigenvalue weighted by atomic mass is 10.2. The molecule has 1 N–H and O–H groups in total. The predicted octanol–water partition coefficient (Wildman–Crippen LogP) is 4.38. The number of rotatable bonds is 5. The van der Waals surface area contributed by atoms with E-state index in [-0.39, 0.29) is 5.91 Å². The Balaban J connectivity index is 1.50. The summed E-state index contributed by atoms with van der Waals surface area (Å²) < 4.78 is 1.14. The van der Waals surface area contributed by atoms with Gasteiger partial charge in [-0.1, -0.05) is 12.1 Å². The second kappa shape index (κ2) is 7.44. The van der Waals surface area contributed by atoms with Crippen molar-refractivity contribution in [1.82, 2.24) is 19.9 Å². The SMILES string of the molecule is Cc1sc2ncnc(NC(C)C(=O)N(C)Cc3nc4ccccc4s3)c2c1C. The van der Waals surface area contributed by atoms with Gasteiger partial charge in [-0.25, -0.2) is 15.0 Å². The summed E-state index contributed by atoms with van der Waals surface area (Å²) in [6, 6.07) is 7.61. The number of carbonyl (C=O) groups excluding carboxylic acids is 1. The summed E-state index contributed by atoms with van der Waals surface area (Å²) in [6.45, 7) is 6.49. The molecule has 0 bridgehead atoms. The summed E-state index contributed by atoms with van der Waals surface area (Å²) in [7, 11) is 1.81. The van der Waals surface area contributed by atoms with Crippen LogP contribution in [-0.4, -0.2) is 38.8 Å². The van der Waals surface area contributed by atoms with E-state index in [0.717, 1.165) is 31.0 Å². The van der Waals surface area contributed by atoms with Crippen LogP contribution in [0.25, 0.3) is 20.4 Å². The number of hydrogen-bond acceptors (Lipinski definition) is 7. The number of thiophene rings is 1. The second-order valence-corrected chi connectivity index (χ2v) is 9.14. The summed E-state index contributed by atoms with van der Waals surface area (Å²) >= 11 is 3.27. The van der Waals surface area contributed by atoms with Gasteiger partial charge in [0.15, 0.2) is 0 Å². The molecule has 3 heterocycles. The van der Waals surface area contributed by atoms with Gasteiger partial charge in [-0.3, -0.25) is 4.79 Å². The van der Waals surface area contributed by atoms with Gasteiger partial charge in [-0.05, 0) is 38.5 Å². The third kappa shape index (κ3) is 3.45. The van der Waals surface area contributed by atoms with Crippen molar-refractivity contribution < 1.29 is 4.79 Å². The van der Waals surface area contributed by atoms with Gasteiger partial charge < -0.3 is 10.2 Å². The van der Waals surface area contributed by atoms with Crippen LogP contribution in [0.4, 0.5) is 5.82 Å². The minimum atomic E-state index is -0.405. The van der Waals surface area contributed by atoms with E-state index in [1.807, 2.05) is 38.2 Å². The Hall–Kier alpha value is -2.58. The van der Waals surface area contributed by atoms with Crippen molar-refractivity contribution in [3.05, 3.63) is 46.0 Å². The number of amides is 1. The average molecular weight is 412 g/mol. The Morgan fingerprint density at radius 1 is 1.21 bits per heavy atom. The van der Waals surface area contributed by atoms with Crippen LogP contribution in [0.3, 0.4) is 0 Å². The largest absolute Gasteiger partial charge is 0.358 e. The van der Waals surface area contributed by atoms with E-state index < -0.39 is 6.04 Å². The number of anilines is 1. The van der Waals surface area contributed by atoms with E-state index in [1.165, 1.54) is 4.88 Å². The van der Waals surface area contributed by atoms with Crippen molar-refractivity contribution in [2.24, 2.45) is 0 Å². The van der Waals surface area contributed by atoms with Crippen molar-refractivity contribution >= 4 is 54.8 Å². The normalized spacial score (nSPS) is 12.4. The average Bonchev–Trinajstić information content (AvgIpc) is 3.21. The Kier molecular flexibility index (Phi) is 4.99. The molecule has 0 saturated heterocycles. The lowest BCUT2D eigenvalue weighted by molar-refractivity contribution is -0.130. The van der Waals surface area contributed by atoms with E-state index in [2.05, 4.69) is 34.1 Å². The third-order valence-corrected chi connectivity index (χ3v) is 6.91. The molecular formula is C20H21N5OS2. The molecule has 4 rings (SSSR count). The fourth-order valence-electron chi connectivity index (χ4n) is 3.16. The number of nitrogens with one attached hydrogen (secondary N) is 1. The minimum absolute atomic E-state index is 0.00405. The lowest BCUT2D eigenvalue weighted by Crippen LogP contribution is -2.38. The van der Waals surface area contributed by atoms with Gasteiger partial charge >= 0.3 is 0 Å². The van der Waals surface area contributed by atoms with Crippen LogP contribution in [0.15, 0.2) is 30.6 Å². The summed E-state index contributed by atoms with van der Waals surface area (Å²) in [6.07, 6.45) is 1.54. The highest BCUT2D eigenvalue weighted by Gasteiger charge is 2.21. The summed E-state index contributed by atoms with van der Waals surface area (Å²) in [5.74, 6) is 0.705. The first kappa shape index (κ1) is 18.8. The molecule has 0 aliphatic carbocycles. The molecule has 8 heteroatoms. The van der Waals surface area contributed by atoms with Crippen molar-refractivity contribution in [3.63, 3.8) is 0 Å². The zero-order valence-corrected chi connectivity index (χ0v) is 17.8. The Bertz CT molecular complexity index is 1130. The monoisotopic (exact) mass is 411 g/mol. The van der Waals surface area contributed by atoms with Gasteiger partial charge in [0.25, 0.3) is 0 Å². The maximum absolute atomic E-state index is 12.9. The number of hydrogen-bond donors (Lipinski definition) is 1. The van der Waals surface area contributed by atoms with Gasteiger partial charge in [0.05, 0.1) is 22.1 Å². The van der Waals surface area contributed by atoms with E-state index in [1.54, 1.807) is 33.9 Å². The Morgan fingerprint density at radius 3 is 2.79 bits per heavy atom. The fourth-order valence-corrected chi connectivity index (χ4v) is 5.18. The standard InChI is InChI=1S/C20H21N5OS2/c1-11-13(3)27-19-17(11)18(21-10-22-19)23-12(2)20(26)25(4)9-16-24-14-7-5-6-8-15(14)28-16/h5-8,10,12H,9H2,1-4H3,(H,21,22,23). The van der Waals surface area contributed by atoms with Crippen LogP contribution >= 0.6 is 22.7 Å². The maximum Gasteiger partial charge on any atom is 0.244 e. The molecule has 28 heavy (non-hydrogen) atoms. The van der Waals surface area contributed by atoms with Crippen molar-refractivity contribution in [2.75, 3.05) is 12.4 Å². The van der Waals surface area contributed by atoms with Crippen molar-refractivity contribution in [1.29, 1.82) is 0 Å². The quantitative estimate of drug-likeness (QED) is 0.528. The molecule has 3 aromatic heterocycles.